The molecular formula is C26H24ClN5O2S. The molecule has 0 radical (unpaired) electrons. The van der Waals surface area contributed by atoms with Crippen molar-refractivity contribution in [1.29, 1.82) is 0 Å². The van der Waals surface area contributed by atoms with Gasteiger partial charge in [0, 0.05) is 29.7 Å². The van der Waals surface area contributed by atoms with Crippen LogP contribution in [0.2, 0.25) is 5.02 Å². The van der Waals surface area contributed by atoms with Gasteiger partial charge in [-0.15, -0.1) is 0 Å². The maximum atomic E-state index is 5.97. The van der Waals surface area contributed by atoms with Crippen molar-refractivity contribution >= 4 is 40.7 Å². The Balaban J connectivity index is 1.23. The number of hydrogen-bond acceptors (Lipinski definition) is 6. The molecule has 1 aliphatic heterocycles. The van der Waals surface area contributed by atoms with Gasteiger partial charge in [0.1, 0.15) is 17.3 Å². The molecular weight excluding hydrogens is 482 g/mol. The van der Waals surface area contributed by atoms with Crippen LogP contribution >= 0.6 is 23.8 Å². The van der Waals surface area contributed by atoms with Crippen LogP contribution in [0.15, 0.2) is 71.1 Å². The van der Waals surface area contributed by atoms with Gasteiger partial charge in [0.15, 0.2) is 5.11 Å². The van der Waals surface area contributed by atoms with Gasteiger partial charge in [-0.2, -0.15) is 9.97 Å². The number of benzene rings is 2. The van der Waals surface area contributed by atoms with Gasteiger partial charge in [-0.05, 0) is 66.2 Å². The van der Waals surface area contributed by atoms with Crippen molar-refractivity contribution in [3.63, 3.8) is 0 Å². The van der Waals surface area contributed by atoms with Crippen molar-refractivity contribution in [2.45, 2.75) is 19.5 Å². The van der Waals surface area contributed by atoms with Crippen LogP contribution in [0.4, 0.5) is 11.8 Å². The molecule has 0 saturated carbocycles. The third-order valence-electron chi connectivity index (χ3n) is 5.79. The number of nitrogens with one attached hydrogen (secondary N) is 2. The van der Waals surface area contributed by atoms with E-state index in [0.717, 1.165) is 42.4 Å². The zero-order valence-electron chi connectivity index (χ0n) is 19.1. The molecule has 4 aromatic rings. The maximum absolute atomic E-state index is 5.97. The van der Waals surface area contributed by atoms with E-state index in [4.69, 9.17) is 33.0 Å². The van der Waals surface area contributed by atoms with E-state index in [1.54, 1.807) is 7.11 Å². The summed E-state index contributed by atoms with van der Waals surface area (Å²) in [5.41, 5.74) is 3.64. The summed E-state index contributed by atoms with van der Waals surface area (Å²) in [4.78, 5) is 11.3. The number of methoxy groups -OCH3 is 1. The highest BCUT2D eigenvalue weighted by Crippen LogP contribution is 2.26. The minimum absolute atomic E-state index is 0.372. The molecule has 0 atom stereocenters. The molecule has 0 fully saturated rings. The highest BCUT2D eigenvalue weighted by molar-refractivity contribution is 7.80. The van der Waals surface area contributed by atoms with Crippen LogP contribution in [0.5, 0.6) is 5.88 Å². The second kappa shape index (κ2) is 10.3. The fraction of sp³-hybridized carbons (Fsp3) is 0.192. The number of nitrogens with zero attached hydrogens (tertiary/aromatic N) is 3. The van der Waals surface area contributed by atoms with Gasteiger partial charge < -0.3 is 24.7 Å². The third-order valence-corrected chi connectivity index (χ3v) is 6.29. The number of furan rings is 1. The maximum Gasteiger partial charge on any atom is 0.234 e. The molecule has 0 spiro atoms. The van der Waals surface area contributed by atoms with Crippen molar-refractivity contribution in [1.82, 2.24) is 15.3 Å². The number of halogens is 1. The Morgan fingerprint density at radius 3 is 2.69 bits per heavy atom. The highest BCUT2D eigenvalue weighted by Gasteiger charge is 2.19. The lowest BCUT2D eigenvalue weighted by atomic mass is 10.00. The van der Waals surface area contributed by atoms with Crippen molar-refractivity contribution in [3.8, 4) is 17.2 Å². The van der Waals surface area contributed by atoms with Crippen LogP contribution in [-0.4, -0.2) is 28.7 Å². The number of hydrogen-bond donors (Lipinski definition) is 2. The molecule has 0 aliphatic carbocycles. The van der Waals surface area contributed by atoms with E-state index in [1.165, 1.54) is 11.1 Å². The van der Waals surface area contributed by atoms with Gasteiger partial charge in [-0.3, -0.25) is 0 Å². The molecule has 0 amide bonds. The van der Waals surface area contributed by atoms with Gasteiger partial charge in [-0.25, -0.2) is 0 Å². The Morgan fingerprint density at radius 1 is 1.09 bits per heavy atom. The Labute approximate surface area is 214 Å². The topological polar surface area (TPSA) is 75.5 Å². The number of aromatic nitrogens is 2. The lowest BCUT2D eigenvalue weighted by Gasteiger charge is -2.30. The molecule has 3 heterocycles. The number of anilines is 2. The van der Waals surface area contributed by atoms with E-state index < -0.39 is 0 Å². The summed E-state index contributed by atoms with van der Waals surface area (Å²) in [6, 6.07) is 21.7. The summed E-state index contributed by atoms with van der Waals surface area (Å²) < 4.78 is 11.3. The second-order valence-corrected chi connectivity index (χ2v) is 8.96. The predicted octanol–water partition coefficient (Wildman–Crippen LogP) is 5.45. The van der Waals surface area contributed by atoms with E-state index in [2.05, 4.69) is 49.8 Å². The summed E-state index contributed by atoms with van der Waals surface area (Å²) in [5, 5.41) is 7.28. The minimum Gasteiger partial charge on any atom is -0.481 e. The van der Waals surface area contributed by atoms with E-state index in [9.17, 15) is 0 Å². The van der Waals surface area contributed by atoms with E-state index in [0.29, 0.717) is 28.5 Å². The molecule has 9 heteroatoms. The summed E-state index contributed by atoms with van der Waals surface area (Å²) in [5.74, 6) is 3.14. The normalized spacial score (nSPS) is 12.7. The summed E-state index contributed by atoms with van der Waals surface area (Å²) in [6.07, 6.45) is 0.965. The van der Waals surface area contributed by atoms with Crippen LogP contribution in [0.3, 0.4) is 0 Å². The van der Waals surface area contributed by atoms with Crippen LogP contribution < -0.4 is 20.3 Å². The molecule has 0 saturated heterocycles. The first-order chi connectivity index (χ1) is 17.1. The van der Waals surface area contributed by atoms with Crippen LogP contribution in [0.25, 0.3) is 11.3 Å². The first kappa shape index (κ1) is 23.1. The molecule has 2 N–H and O–H groups in total. The molecule has 178 valence electrons. The number of thiocarbonyl (C=S) groups is 1. The Morgan fingerprint density at radius 2 is 1.89 bits per heavy atom. The van der Waals surface area contributed by atoms with Crippen molar-refractivity contribution in [2.24, 2.45) is 0 Å². The number of fused-ring (bicyclic) bond motifs is 1. The Hall–Kier alpha value is -3.62. The summed E-state index contributed by atoms with van der Waals surface area (Å²) in [6.45, 7) is 2.07. The van der Waals surface area contributed by atoms with E-state index in [-0.39, 0.29) is 0 Å². The quantitative estimate of drug-likeness (QED) is 0.335. The predicted molar refractivity (Wildman–Crippen MR) is 142 cm³/mol. The van der Waals surface area contributed by atoms with Gasteiger partial charge in [-0.1, -0.05) is 35.9 Å². The summed E-state index contributed by atoms with van der Waals surface area (Å²) in [7, 11) is 1.59. The lowest BCUT2D eigenvalue weighted by molar-refractivity contribution is 0.397. The monoisotopic (exact) mass is 505 g/mol. The minimum atomic E-state index is 0.372. The van der Waals surface area contributed by atoms with Gasteiger partial charge in [0.25, 0.3) is 0 Å². The molecule has 7 nitrogen and oxygen atoms in total. The van der Waals surface area contributed by atoms with Crippen molar-refractivity contribution in [2.75, 3.05) is 23.9 Å². The van der Waals surface area contributed by atoms with Gasteiger partial charge in [0.2, 0.25) is 11.8 Å². The molecule has 5 rings (SSSR count). The van der Waals surface area contributed by atoms with Crippen LogP contribution in [0, 0.1) is 0 Å². The van der Waals surface area contributed by atoms with Crippen molar-refractivity contribution in [3.05, 3.63) is 88.6 Å². The summed E-state index contributed by atoms with van der Waals surface area (Å²) >= 11 is 11.4. The fourth-order valence-electron chi connectivity index (χ4n) is 3.98. The van der Waals surface area contributed by atoms with E-state index in [1.807, 2.05) is 42.5 Å². The molecule has 0 unspecified atom stereocenters. The Bertz CT molecular complexity index is 1340. The standard InChI is InChI=1S/C26H24ClN5O2S/c1-33-24-14-23(32-13-12-17-4-2-3-5-19(17)16-32)29-25(30-24)31-26(35)28-15-21-10-11-22(34-21)18-6-8-20(27)9-7-18/h2-11,14H,12-13,15-16H2,1H3,(H2,28,29,30,31,35). The molecule has 2 aromatic carbocycles. The Kier molecular flexibility index (Phi) is 6.83. The largest absolute Gasteiger partial charge is 0.481 e. The first-order valence-corrected chi connectivity index (χ1v) is 12.0. The number of ether oxygens (including phenoxy) is 1. The average Bonchev–Trinajstić information content (AvgIpc) is 3.36. The molecule has 1 aliphatic rings. The second-order valence-electron chi connectivity index (χ2n) is 8.11. The third kappa shape index (κ3) is 5.55. The van der Waals surface area contributed by atoms with Gasteiger partial charge in [0.05, 0.1) is 13.7 Å². The van der Waals surface area contributed by atoms with E-state index >= 15 is 0 Å². The van der Waals surface area contributed by atoms with Gasteiger partial charge >= 0.3 is 0 Å². The van der Waals surface area contributed by atoms with Crippen LogP contribution in [-0.2, 0) is 19.5 Å². The lowest BCUT2D eigenvalue weighted by Crippen LogP contribution is -2.32. The zero-order valence-corrected chi connectivity index (χ0v) is 20.7. The smallest absolute Gasteiger partial charge is 0.234 e. The fourth-order valence-corrected chi connectivity index (χ4v) is 4.27. The molecule has 35 heavy (non-hydrogen) atoms. The number of rotatable bonds is 6. The molecule has 0 bridgehead atoms. The SMILES string of the molecule is COc1cc(N2CCc3ccccc3C2)nc(NC(=S)NCc2ccc(-c3ccc(Cl)cc3)o2)n1. The highest BCUT2D eigenvalue weighted by atomic mass is 35.5. The first-order valence-electron chi connectivity index (χ1n) is 11.2. The molecule has 2 aromatic heterocycles. The van der Waals surface area contributed by atoms with Crippen molar-refractivity contribution < 1.29 is 9.15 Å². The zero-order chi connectivity index (χ0) is 24.2. The average molecular weight is 506 g/mol. The van der Waals surface area contributed by atoms with Crippen LogP contribution in [0.1, 0.15) is 16.9 Å².